The molecule has 0 amide bonds. The van der Waals surface area contributed by atoms with Gasteiger partial charge in [-0.15, -0.1) is 0 Å². The van der Waals surface area contributed by atoms with Crippen molar-refractivity contribution in [1.29, 1.82) is 0 Å². The van der Waals surface area contributed by atoms with Gasteiger partial charge in [0.05, 0.1) is 28.9 Å². The first-order valence-corrected chi connectivity index (χ1v) is 11.4. The van der Waals surface area contributed by atoms with Gasteiger partial charge in [-0.25, -0.2) is 4.79 Å². The number of nitrogens with zero attached hydrogens (tertiary/aromatic N) is 4. The molecule has 0 aliphatic heterocycles. The fraction of sp³-hybridized carbons (Fsp3) is 0.385. The van der Waals surface area contributed by atoms with Crippen molar-refractivity contribution >= 4 is 21.9 Å². The molecule has 172 valence electrons. The molecular formula is C26H30N4O3. The van der Waals surface area contributed by atoms with Gasteiger partial charge in [-0.2, -0.15) is 0 Å². The van der Waals surface area contributed by atoms with Crippen LogP contribution in [0, 0.1) is 0 Å². The first kappa shape index (κ1) is 21.7. The van der Waals surface area contributed by atoms with E-state index in [4.69, 9.17) is 9.47 Å². The highest BCUT2D eigenvalue weighted by Gasteiger charge is 2.33. The minimum atomic E-state index is 0.00322. The van der Waals surface area contributed by atoms with Crippen molar-refractivity contribution in [1.82, 2.24) is 19.0 Å². The number of hydrogen-bond donors (Lipinski definition) is 0. The zero-order chi connectivity index (χ0) is 23.1. The Bertz CT molecular complexity index is 1350. The van der Waals surface area contributed by atoms with Crippen LogP contribution < -0.4 is 10.4 Å². The molecule has 5 rings (SSSR count). The van der Waals surface area contributed by atoms with Crippen molar-refractivity contribution in [3.8, 4) is 16.9 Å². The lowest BCUT2D eigenvalue weighted by Gasteiger charge is -2.34. The first-order chi connectivity index (χ1) is 16.0. The van der Waals surface area contributed by atoms with Crippen molar-refractivity contribution in [2.45, 2.75) is 25.0 Å². The molecule has 7 nitrogen and oxygen atoms in total. The Morgan fingerprint density at radius 1 is 1.09 bits per heavy atom. The molecule has 1 fully saturated rings. The van der Waals surface area contributed by atoms with Gasteiger partial charge in [0.15, 0.2) is 0 Å². The van der Waals surface area contributed by atoms with Gasteiger partial charge < -0.3 is 14.4 Å². The molecule has 0 N–H and O–H groups in total. The Morgan fingerprint density at radius 2 is 1.82 bits per heavy atom. The van der Waals surface area contributed by atoms with E-state index in [-0.39, 0.29) is 17.8 Å². The summed E-state index contributed by atoms with van der Waals surface area (Å²) in [6.45, 7) is 1.53. The largest absolute Gasteiger partial charge is 0.492 e. The van der Waals surface area contributed by atoms with E-state index in [1.165, 1.54) is 0 Å². The van der Waals surface area contributed by atoms with E-state index >= 15 is 0 Å². The molecule has 7 heteroatoms. The highest BCUT2D eigenvalue weighted by atomic mass is 16.5. The molecule has 0 unspecified atom stereocenters. The normalized spacial score (nSPS) is 18.2. The molecule has 2 aromatic carbocycles. The first-order valence-electron chi connectivity index (χ1n) is 11.4. The summed E-state index contributed by atoms with van der Waals surface area (Å²) in [4.78, 5) is 19.9. The molecule has 4 aromatic rings. The maximum Gasteiger partial charge on any atom is 0.329 e. The van der Waals surface area contributed by atoms with Crippen molar-refractivity contribution in [2.24, 2.45) is 7.05 Å². The number of ether oxygens (including phenoxy) is 2. The summed E-state index contributed by atoms with van der Waals surface area (Å²) in [5, 5.41) is 0.995. The standard InChI is InChI=1S/C26H30N4O3/c1-28(2)11-12-33-20-8-5-17(6-9-20)18-7-10-23-22(13-18)25-24(16-27-23)29(3)26(31)30(25)19-14-21(15-19)32-4/h5-10,13,16,19,21H,11-12,14-15H2,1-4H3. The molecule has 33 heavy (non-hydrogen) atoms. The zero-order valence-corrected chi connectivity index (χ0v) is 19.6. The minimum absolute atomic E-state index is 0.00322. The summed E-state index contributed by atoms with van der Waals surface area (Å²) >= 11 is 0. The van der Waals surface area contributed by atoms with Gasteiger partial charge in [-0.3, -0.25) is 14.1 Å². The minimum Gasteiger partial charge on any atom is -0.492 e. The number of benzene rings is 2. The molecule has 2 heterocycles. The number of likely N-dealkylation sites (N-methyl/N-ethyl adjacent to an activating group) is 1. The zero-order valence-electron chi connectivity index (χ0n) is 19.6. The van der Waals surface area contributed by atoms with Crippen LogP contribution in [-0.4, -0.2) is 59.5 Å². The van der Waals surface area contributed by atoms with Crippen LogP contribution in [0.2, 0.25) is 0 Å². The lowest BCUT2D eigenvalue weighted by molar-refractivity contribution is 0.00635. The van der Waals surface area contributed by atoms with Gasteiger partial charge >= 0.3 is 5.69 Å². The smallest absolute Gasteiger partial charge is 0.329 e. The second-order valence-electron chi connectivity index (χ2n) is 9.09. The number of imidazole rings is 1. The molecule has 1 aliphatic rings. The molecule has 0 spiro atoms. The van der Waals surface area contributed by atoms with Crippen LogP contribution in [0.15, 0.2) is 53.5 Å². The molecular weight excluding hydrogens is 416 g/mol. The number of rotatable bonds is 7. The topological polar surface area (TPSA) is 61.5 Å². The molecule has 2 aromatic heterocycles. The Balaban J connectivity index is 1.54. The highest BCUT2D eigenvalue weighted by Crippen LogP contribution is 2.37. The van der Waals surface area contributed by atoms with Crippen LogP contribution in [0.5, 0.6) is 5.75 Å². The number of methoxy groups -OCH3 is 1. The van der Waals surface area contributed by atoms with Crippen molar-refractivity contribution < 1.29 is 9.47 Å². The number of aromatic nitrogens is 3. The third kappa shape index (κ3) is 3.92. The van der Waals surface area contributed by atoms with Crippen LogP contribution in [0.4, 0.5) is 0 Å². The van der Waals surface area contributed by atoms with Crippen LogP contribution in [0.25, 0.3) is 33.1 Å². The van der Waals surface area contributed by atoms with Gasteiger partial charge in [-0.1, -0.05) is 18.2 Å². The third-order valence-corrected chi connectivity index (χ3v) is 6.68. The quantitative estimate of drug-likeness (QED) is 0.432. The predicted molar refractivity (Wildman–Crippen MR) is 131 cm³/mol. The van der Waals surface area contributed by atoms with Gasteiger partial charge in [0.2, 0.25) is 0 Å². The van der Waals surface area contributed by atoms with Crippen LogP contribution in [0.1, 0.15) is 18.9 Å². The summed E-state index contributed by atoms with van der Waals surface area (Å²) in [7, 11) is 7.62. The summed E-state index contributed by atoms with van der Waals surface area (Å²) < 4.78 is 14.9. The van der Waals surface area contributed by atoms with Gasteiger partial charge in [-0.05, 0) is 62.3 Å². The lowest BCUT2D eigenvalue weighted by Crippen LogP contribution is -2.37. The van der Waals surface area contributed by atoms with Crippen molar-refractivity contribution in [2.75, 3.05) is 34.4 Å². The van der Waals surface area contributed by atoms with Gasteiger partial charge in [0, 0.05) is 32.1 Å². The van der Waals surface area contributed by atoms with E-state index in [0.717, 1.165) is 58.2 Å². The van der Waals surface area contributed by atoms with Gasteiger partial charge in [0.1, 0.15) is 12.4 Å². The Hall–Kier alpha value is -3.16. The van der Waals surface area contributed by atoms with Crippen LogP contribution in [0.3, 0.4) is 0 Å². The summed E-state index contributed by atoms with van der Waals surface area (Å²) in [5.41, 5.74) is 4.89. The average Bonchev–Trinajstić information content (AvgIpc) is 3.04. The number of fused-ring (bicyclic) bond motifs is 3. The van der Waals surface area contributed by atoms with E-state index in [9.17, 15) is 4.79 Å². The van der Waals surface area contributed by atoms with Crippen molar-refractivity contribution in [3.05, 3.63) is 59.1 Å². The fourth-order valence-corrected chi connectivity index (χ4v) is 4.58. The van der Waals surface area contributed by atoms with Crippen molar-refractivity contribution in [3.63, 3.8) is 0 Å². The maximum absolute atomic E-state index is 13.1. The second kappa shape index (κ2) is 8.65. The predicted octanol–water partition coefficient (Wildman–Crippen LogP) is 3.85. The molecule has 1 saturated carbocycles. The Kier molecular flexibility index (Phi) is 5.68. The fourth-order valence-electron chi connectivity index (χ4n) is 4.58. The molecule has 0 atom stereocenters. The summed E-state index contributed by atoms with van der Waals surface area (Å²) in [6, 6.07) is 14.6. The van der Waals surface area contributed by atoms with Gasteiger partial charge in [0.25, 0.3) is 0 Å². The third-order valence-electron chi connectivity index (χ3n) is 6.68. The molecule has 1 aliphatic carbocycles. The number of aryl methyl sites for hydroxylation is 1. The van der Waals surface area contributed by atoms with Crippen LogP contribution >= 0.6 is 0 Å². The molecule has 0 bridgehead atoms. The van der Waals surface area contributed by atoms with E-state index in [2.05, 4.69) is 34.1 Å². The maximum atomic E-state index is 13.1. The van der Waals surface area contributed by atoms with E-state index in [0.29, 0.717) is 6.61 Å². The average molecular weight is 447 g/mol. The molecule has 0 saturated heterocycles. The van der Waals surface area contributed by atoms with E-state index in [1.807, 2.05) is 50.1 Å². The SMILES string of the molecule is COC1CC(n2c(=O)n(C)c3cnc4ccc(-c5ccc(OCCN(C)C)cc5)cc4c32)C1. The lowest BCUT2D eigenvalue weighted by atomic mass is 9.89. The molecule has 0 radical (unpaired) electrons. The highest BCUT2D eigenvalue weighted by molar-refractivity contribution is 6.04. The second-order valence-corrected chi connectivity index (χ2v) is 9.09. The summed E-state index contributed by atoms with van der Waals surface area (Å²) in [5.74, 6) is 0.861. The monoisotopic (exact) mass is 446 g/mol. The summed E-state index contributed by atoms with van der Waals surface area (Å²) in [6.07, 6.45) is 3.74. The van der Waals surface area contributed by atoms with E-state index in [1.54, 1.807) is 11.7 Å². The number of hydrogen-bond acceptors (Lipinski definition) is 5. The number of pyridine rings is 1. The van der Waals surface area contributed by atoms with Crippen LogP contribution in [-0.2, 0) is 11.8 Å². The Labute approximate surface area is 193 Å². The Morgan fingerprint density at radius 3 is 2.52 bits per heavy atom. The van der Waals surface area contributed by atoms with E-state index < -0.39 is 0 Å².